The van der Waals surface area contributed by atoms with Gasteiger partial charge in [-0.05, 0) is 32.7 Å². The first-order valence-electron chi connectivity index (χ1n) is 5.74. The molecule has 0 amide bonds. The normalized spacial score (nSPS) is 25.5. The third-order valence-electron chi connectivity index (χ3n) is 2.79. The fourth-order valence-corrected chi connectivity index (χ4v) is 1.95. The van der Waals surface area contributed by atoms with Gasteiger partial charge < -0.3 is 9.84 Å². The monoisotopic (exact) mass is 201 g/mol. The molecule has 0 aromatic carbocycles. The van der Waals surface area contributed by atoms with E-state index in [9.17, 15) is 5.11 Å². The molecule has 0 spiro atoms. The molecule has 1 aliphatic rings. The van der Waals surface area contributed by atoms with Gasteiger partial charge in [0, 0.05) is 19.2 Å². The summed E-state index contributed by atoms with van der Waals surface area (Å²) in [6, 6.07) is 0.635. The number of aliphatic hydroxyl groups is 1. The lowest BCUT2D eigenvalue weighted by molar-refractivity contribution is 0.0158. The number of rotatable bonds is 6. The van der Waals surface area contributed by atoms with Crippen LogP contribution in [0, 0.1) is 0 Å². The van der Waals surface area contributed by atoms with Gasteiger partial charge in [-0.1, -0.05) is 6.92 Å². The van der Waals surface area contributed by atoms with Crippen LogP contribution in [0.2, 0.25) is 0 Å². The highest BCUT2D eigenvalue weighted by molar-refractivity contribution is 4.77. The Morgan fingerprint density at radius 2 is 2.36 bits per heavy atom. The molecular formula is C11H23NO2. The number of hydrogen-bond donors (Lipinski definition) is 1. The van der Waals surface area contributed by atoms with E-state index in [1.165, 1.54) is 12.8 Å². The first-order valence-corrected chi connectivity index (χ1v) is 5.74. The zero-order valence-electron chi connectivity index (χ0n) is 9.41. The molecule has 1 fully saturated rings. The van der Waals surface area contributed by atoms with E-state index in [-0.39, 0.29) is 6.10 Å². The summed E-state index contributed by atoms with van der Waals surface area (Å²) in [5.41, 5.74) is 0. The van der Waals surface area contributed by atoms with Crippen LogP contribution in [0.15, 0.2) is 0 Å². The third-order valence-corrected chi connectivity index (χ3v) is 2.79. The Labute approximate surface area is 87.1 Å². The molecule has 0 bridgehead atoms. The first kappa shape index (κ1) is 12.0. The fraction of sp³-hybridized carbons (Fsp3) is 1.00. The van der Waals surface area contributed by atoms with Gasteiger partial charge >= 0.3 is 0 Å². The molecule has 3 nitrogen and oxygen atoms in total. The minimum absolute atomic E-state index is 0.318. The van der Waals surface area contributed by atoms with Gasteiger partial charge in [-0.15, -0.1) is 0 Å². The van der Waals surface area contributed by atoms with Gasteiger partial charge in [0.05, 0.1) is 12.7 Å². The highest BCUT2D eigenvalue weighted by atomic mass is 16.5. The maximum atomic E-state index is 9.69. The summed E-state index contributed by atoms with van der Waals surface area (Å²) in [7, 11) is 0. The zero-order chi connectivity index (χ0) is 10.4. The lowest BCUT2D eigenvalue weighted by Crippen LogP contribution is -2.36. The molecule has 84 valence electrons. The van der Waals surface area contributed by atoms with Crippen molar-refractivity contribution in [3.05, 3.63) is 0 Å². The predicted octanol–water partition coefficient (Wildman–Crippen LogP) is 1.26. The molecule has 1 N–H and O–H groups in total. The number of hydrogen-bond acceptors (Lipinski definition) is 3. The number of likely N-dealkylation sites (tertiary alicyclic amines) is 1. The topological polar surface area (TPSA) is 32.7 Å². The van der Waals surface area contributed by atoms with Gasteiger partial charge in [-0.3, -0.25) is 4.90 Å². The second-order valence-electron chi connectivity index (χ2n) is 4.21. The maximum Gasteiger partial charge on any atom is 0.0900 e. The lowest BCUT2D eigenvalue weighted by Gasteiger charge is -2.23. The molecule has 0 aromatic heterocycles. The van der Waals surface area contributed by atoms with Gasteiger partial charge in [-0.25, -0.2) is 0 Å². The van der Waals surface area contributed by atoms with E-state index in [1.54, 1.807) is 0 Å². The predicted molar refractivity (Wildman–Crippen MR) is 57.4 cm³/mol. The summed E-state index contributed by atoms with van der Waals surface area (Å²) in [5.74, 6) is 0. The molecule has 0 aromatic rings. The van der Waals surface area contributed by atoms with Crippen molar-refractivity contribution in [1.29, 1.82) is 0 Å². The van der Waals surface area contributed by atoms with Gasteiger partial charge in [-0.2, -0.15) is 0 Å². The van der Waals surface area contributed by atoms with E-state index in [0.29, 0.717) is 12.6 Å². The van der Waals surface area contributed by atoms with E-state index >= 15 is 0 Å². The number of aliphatic hydroxyl groups excluding tert-OH is 1. The Kier molecular flexibility index (Phi) is 5.45. The molecule has 0 aliphatic carbocycles. The minimum Gasteiger partial charge on any atom is -0.389 e. The van der Waals surface area contributed by atoms with Crippen molar-refractivity contribution in [2.24, 2.45) is 0 Å². The van der Waals surface area contributed by atoms with Crippen LogP contribution in [0.5, 0.6) is 0 Å². The van der Waals surface area contributed by atoms with Gasteiger partial charge in [0.2, 0.25) is 0 Å². The molecule has 14 heavy (non-hydrogen) atoms. The van der Waals surface area contributed by atoms with Crippen molar-refractivity contribution in [1.82, 2.24) is 4.90 Å². The summed E-state index contributed by atoms with van der Waals surface area (Å²) >= 11 is 0. The molecule has 2 atom stereocenters. The average Bonchev–Trinajstić information content (AvgIpc) is 2.52. The molecule has 1 unspecified atom stereocenters. The molecule has 0 saturated carbocycles. The van der Waals surface area contributed by atoms with Crippen molar-refractivity contribution in [2.75, 3.05) is 26.3 Å². The molecular weight excluding hydrogens is 178 g/mol. The molecule has 1 aliphatic heterocycles. The van der Waals surface area contributed by atoms with E-state index in [4.69, 9.17) is 4.74 Å². The standard InChI is InChI=1S/C11H23NO2/c1-3-7-14-9-11(13)8-12-6-4-5-10(12)2/h10-11,13H,3-9H2,1-2H3/t10-,11?/m0/s1. The smallest absolute Gasteiger partial charge is 0.0900 e. The Bertz CT molecular complexity index is 152. The average molecular weight is 201 g/mol. The van der Waals surface area contributed by atoms with Crippen molar-refractivity contribution in [2.45, 2.75) is 45.3 Å². The molecule has 0 radical (unpaired) electrons. The zero-order valence-corrected chi connectivity index (χ0v) is 9.41. The summed E-state index contributed by atoms with van der Waals surface area (Å²) in [5, 5.41) is 9.69. The van der Waals surface area contributed by atoms with Gasteiger partial charge in [0.15, 0.2) is 0 Å². The van der Waals surface area contributed by atoms with Crippen LogP contribution in [0.1, 0.15) is 33.1 Å². The minimum atomic E-state index is -0.318. The third kappa shape index (κ3) is 3.95. The van der Waals surface area contributed by atoms with Crippen molar-refractivity contribution in [3.63, 3.8) is 0 Å². The Morgan fingerprint density at radius 1 is 1.57 bits per heavy atom. The van der Waals surface area contributed by atoms with Crippen LogP contribution in [0.4, 0.5) is 0 Å². The Morgan fingerprint density at radius 3 is 2.93 bits per heavy atom. The summed E-state index contributed by atoms with van der Waals surface area (Å²) in [6.07, 6.45) is 3.24. The van der Waals surface area contributed by atoms with Crippen molar-refractivity contribution in [3.8, 4) is 0 Å². The van der Waals surface area contributed by atoms with Crippen LogP contribution in [0.25, 0.3) is 0 Å². The number of ether oxygens (including phenoxy) is 1. The van der Waals surface area contributed by atoms with E-state index in [0.717, 1.165) is 26.1 Å². The lowest BCUT2D eigenvalue weighted by atomic mass is 10.2. The molecule has 3 heteroatoms. The number of nitrogens with zero attached hydrogens (tertiary/aromatic N) is 1. The second kappa shape index (κ2) is 6.38. The van der Waals surface area contributed by atoms with Crippen LogP contribution in [0.3, 0.4) is 0 Å². The summed E-state index contributed by atoms with van der Waals surface area (Å²) in [6.45, 7) is 7.45. The van der Waals surface area contributed by atoms with E-state index in [1.807, 2.05) is 0 Å². The van der Waals surface area contributed by atoms with E-state index < -0.39 is 0 Å². The summed E-state index contributed by atoms with van der Waals surface area (Å²) < 4.78 is 5.31. The Balaban J connectivity index is 2.09. The number of β-amino-alcohol motifs (C(OH)–C–C–N with tert-alkyl or cyclic N) is 1. The largest absolute Gasteiger partial charge is 0.389 e. The van der Waals surface area contributed by atoms with E-state index in [2.05, 4.69) is 18.7 Å². The molecule has 1 heterocycles. The fourth-order valence-electron chi connectivity index (χ4n) is 1.95. The highest BCUT2D eigenvalue weighted by Crippen LogP contribution is 2.16. The van der Waals surface area contributed by atoms with Gasteiger partial charge in [0.1, 0.15) is 0 Å². The molecule has 1 saturated heterocycles. The van der Waals surface area contributed by atoms with Crippen LogP contribution < -0.4 is 0 Å². The van der Waals surface area contributed by atoms with Crippen LogP contribution >= 0.6 is 0 Å². The van der Waals surface area contributed by atoms with Crippen LogP contribution in [-0.2, 0) is 4.74 Å². The van der Waals surface area contributed by atoms with Gasteiger partial charge in [0.25, 0.3) is 0 Å². The van der Waals surface area contributed by atoms with Crippen molar-refractivity contribution < 1.29 is 9.84 Å². The highest BCUT2D eigenvalue weighted by Gasteiger charge is 2.22. The quantitative estimate of drug-likeness (QED) is 0.657. The van der Waals surface area contributed by atoms with Crippen molar-refractivity contribution >= 4 is 0 Å². The Hall–Kier alpha value is -0.120. The molecule has 1 rings (SSSR count). The summed E-state index contributed by atoms with van der Waals surface area (Å²) in [4.78, 5) is 2.35. The SMILES string of the molecule is CCCOCC(O)CN1CCC[C@@H]1C. The first-order chi connectivity index (χ1) is 6.74. The van der Waals surface area contributed by atoms with Crippen LogP contribution in [-0.4, -0.2) is 48.5 Å². The second-order valence-corrected chi connectivity index (χ2v) is 4.21. The maximum absolute atomic E-state index is 9.69.